The molecule has 6 nitrogen and oxygen atoms in total. The zero-order chi connectivity index (χ0) is 18.1. The Bertz CT molecular complexity index is 726. The zero-order valence-electron chi connectivity index (χ0n) is 14.9. The maximum absolute atomic E-state index is 12.8. The first kappa shape index (κ1) is 18.6. The molecule has 0 atom stereocenters. The Morgan fingerprint density at radius 3 is 2.58 bits per heavy atom. The third kappa shape index (κ3) is 3.66. The van der Waals surface area contributed by atoms with Crippen LogP contribution in [0.1, 0.15) is 41.0 Å². The van der Waals surface area contributed by atoms with E-state index in [4.69, 9.17) is 4.74 Å². The number of rotatable bonds is 5. The van der Waals surface area contributed by atoms with Crippen molar-refractivity contribution >= 4 is 27.3 Å². The number of nitrogens with one attached hydrogen (secondary N) is 1. The molecule has 1 N–H and O–H groups in total. The molecule has 0 fully saturated rings. The summed E-state index contributed by atoms with van der Waals surface area (Å²) in [6.45, 7) is 9.80. The van der Waals surface area contributed by atoms with Crippen LogP contribution in [0, 0.1) is 5.41 Å². The fourth-order valence-electron chi connectivity index (χ4n) is 2.44. The summed E-state index contributed by atoms with van der Waals surface area (Å²) < 4.78 is 32.5. The molecule has 1 aromatic rings. The highest BCUT2D eigenvalue weighted by Crippen LogP contribution is 2.38. The smallest absolute Gasteiger partial charge is 0.236 e. The number of benzene rings is 1. The van der Waals surface area contributed by atoms with Gasteiger partial charge in [-0.2, -0.15) is 0 Å². The monoisotopic (exact) mass is 354 g/mol. The number of hydrogen-bond donors (Lipinski definition) is 1. The van der Waals surface area contributed by atoms with E-state index in [1.807, 2.05) is 20.8 Å². The zero-order valence-corrected chi connectivity index (χ0v) is 15.7. The van der Waals surface area contributed by atoms with Gasteiger partial charge in [0.05, 0.1) is 22.0 Å². The Morgan fingerprint density at radius 1 is 1.33 bits per heavy atom. The minimum absolute atomic E-state index is 0.0126. The standard InChI is InChI=1S/C17H26N2O4S/c1-6-9-19-14-8-7-13(18-24(21,22)12(2)3)10-15(14)23-11-17(4,5)16(19)20/h7-8,10,12,18H,6,9,11H2,1-5H3. The maximum Gasteiger partial charge on any atom is 0.236 e. The van der Waals surface area contributed by atoms with E-state index in [9.17, 15) is 13.2 Å². The second-order valence-corrected chi connectivity index (χ2v) is 9.24. The average Bonchev–Trinajstić information content (AvgIpc) is 2.58. The third-order valence-electron chi connectivity index (χ3n) is 3.99. The second kappa shape index (κ2) is 6.63. The molecule has 0 saturated carbocycles. The number of nitrogens with zero attached hydrogens (tertiary/aromatic N) is 1. The number of fused-ring (bicyclic) bond motifs is 1. The van der Waals surface area contributed by atoms with E-state index < -0.39 is 20.7 Å². The van der Waals surface area contributed by atoms with Crippen molar-refractivity contribution in [2.75, 3.05) is 22.8 Å². The predicted molar refractivity (Wildman–Crippen MR) is 96.0 cm³/mol. The van der Waals surface area contributed by atoms with Crippen molar-refractivity contribution in [2.45, 2.75) is 46.3 Å². The number of hydrogen-bond acceptors (Lipinski definition) is 4. The molecule has 1 heterocycles. The van der Waals surface area contributed by atoms with Gasteiger partial charge in [0.25, 0.3) is 0 Å². The van der Waals surface area contributed by atoms with Crippen LogP contribution in [0.15, 0.2) is 18.2 Å². The summed E-state index contributed by atoms with van der Waals surface area (Å²) in [5, 5.41) is -0.533. The molecule has 0 spiro atoms. The van der Waals surface area contributed by atoms with Crippen molar-refractivity contribution in [1.82, 2.24) is 0 Å². The molecule has 0 bridgehead atoms. The summed E-state index contributed by atoms with van der Waals surface area (Å²) in [5.41, 5.74) is 0.483. The van der Waals surface area contributed by atoms with Crippen molar-refractivity contribution in [3.8, 4) is 5.75 Å². The molecule has 0 aliphatic carbocycles. The van der Waals surface area contributed by atoms with Crippen LogP contribution in [0.5, 0.6) is 5.75 Å². The Hall–Kier alpha value is -1.76. The van der Waals surface area contributed by atoms with E-state index in [1.54, 1.807) is 36.9 Å². The van der Waals surface area contributed by atoms with Gasteiger partial charge in [-0.3, -0.25) is 9.52 Å². The molecular weight excluding hydrogens is 328 g/mol. The second-order valence-electron chi connectivity index (χ2n) is 7.01. The van der Waals surface area contributed by atoms with E-state index in [2.05, 4.69) is 4.72 Å². The number of ether oxygens (including phenoxy) is 1. The minimum atomic E-state index is -3.43. The Balaban J connectivity index is 2.42. The first-order valence-corrected chi connectivity index (χ1v) is 9.73. The van der Waals surface area contributed by atoms with E-state index in [0.29, 0.717) is 23.7 Å². The summed E-state index contributed by atoms with van der Waals surface area (Å²) in [4.78, 5) is 14.5. The van der Waals surface area contributed by atoms with Crippen LogP contribution in [-0.4, -0.2) is 32.7 Å². The summed E-state index contributed by atoms with van der Waals surface area (Å²) in [6, 6.07) is 5.05. The molecule has 7 heteroatoms. The van der Waals surface area contributed by atoms with E-state index in [1.165, 1.54) is 0 Å². The van der Waals surface area contributed by atoms with Crippen LogP contribution >= 0.6 is 0 Å². The van der Waals surface area contributed by atoms with Gasteiger partial charge in [0.1, 0.15) is 12.4 Å². The molecule has 1 aliphatic rings. The maximum atomic E-state index is 12.8. The van der Waals surface area contributed by atoms with Crippen LogP contribution < -0.4 is 14.4 Å². The lowest BCUT2D eigenvalue weighted by molar-refractivity contribution is -0.127. The normalized spacial score (nSPS) is 17.2. The highest BCUT2D eigenvalue weighted by molar-refractivity contribution is 7.93. The average molecular weight is 354 g/mol. The summed E-state index contributed by atoms with van der Waals surface area (Å²) >= 11 is 0. The van der Waals surface area contributed by atoms with E-state index >= 15 is 0 Å². The lowest BCUT2D eigenvalue weighted by Crippen LogP contribution is -2.42. The lowest BCUT2D eigenvalue weighted by atomic mass is 9.93. The molecule has 24 heavy (non-hydrogen) atoms. The SMILES string of the molecule is CCCN1C(=O)C(C)(C)COc2cc(NS(=O)(=O)C(C)C)ccc21. The summed E-state index contributed by atoms with van der Waals surface area (Å²) in [6.07, 6.45) is 0.822. The summed E-state index contributed by atoms with van der Waals surface area (Å²) in [5.74, 6) is 0.532. The fourth-order valence-corrected chi connectivity index (χ4v) is 3.13. The van der Waals surface area contributed by atoms with Gasteiger partial charge in [-0.1, -0.05) is 6.92 Å². The topological polar surface area (TPSA) is 75.7 Å². The van der Waals surface area contributed by atoms with Crippen molar-refractivity contribution < 1.29 is 17.9 Å². The van der Waals surface area contributed by atoms with Gasteiger partial charge in [-0.25, -0.2) is 8.42 Å². The number of carbonyl (C=O) groups excluding carboxylic acids is 1. The predicted octanol–water partition coefficient (Wildman–Crippen LogP) is 3.00. The molecule has 2 rings (SSSR count). The number of carbonyl (C=O) groups is 1. The minimum Gasteiger partial charge on any atom is -0.490 e. The van der Waals surface area contributed by atoms with Crippen molar-refractivity contribution in [2.24, 2.45) is 5.41 Å². The van der Waals surface area contributed by atoms with Gasteiger partial charge in [-0.05, 0) is 46.2 Å². The molecule has 134 valence electrons. The molecule has 0 aromatic heterocycles. The van der Waals surface area contributed by atoms with E-state index in [-0.39, 0.29) is 12.5 Å². The highest BCUT2D eigenvalue weighted by atomic mass is 32.2. The van der Waals surface area contributed by atoms with Crippen molar-refractivity contribution in [1.29, 1.82) is 0 Å². The molecule has 0 unspecified atom stereocenters. The van der Waals surface area contributed by atoms with Gasteiger partial charge < -0.3 is 9.64 Å². The van der Waals surface area contributed by atoms with Crippen molar-refractivity contribution in [3.63, 3.8) is 0 Å². The Kier molecular flexibility index (Phi) is 5.13. The van der Waals surface area contributed by atoms with E-state index in [0.717, 1.165) is 6.42 Å². The highest BCUT2D eigenvalue weighted by Gasteiger charge is 2.37. The van der Waals surface area contributed by atoms with Crippen LogP contribution in [0.4, 0.5) is 11.4 Å². The van der Waals surface area contributed by atoms with Crippen LogP contribution in [0.2, 0.25) is 0 Å². The third-order valence-corrected chi connectivity index (χ3v) is 5.75. The molecular formula is C17H26N2O4S. The molecule has 1 amide bonds. The van der Waals surface area contributed by atoms with Crippen LogP contribution in [0.25, 0.3) is 0 Å². The largest absolute Gasteiger partial charge is 0.490 e. The number of amides is 1. The Labute approximate surface area is 144 Å². The first-order chi connectivity index (χ1) is 11.1. The Morgan fingerprint density at radius 2 is 2.00 bits per heavy atom. The van der Waals surface area contributed by atoms with Gasteiger partial charge >= 0.3 is 0 Å². The molecule has 0 radical (unpaired) electrons. The van der Waals surface area contributed by atoms with Gasteiger partial charge in [0.15, 0.2) is 0 Å². The quantitative estimate of drug-likeness (QED) is 0.882. The summed E-state index contributed by atoms with van der Waals surface area (Å²) in [7, 11) is -3.43. The molecule has 1 aliphatic heterocycles. The number of anilines is 2. The lowest BCUT2D eigenvalue weighted by Gasteiger charge is -2.27. The van der Waals surface area contributed by atoms with Gasteiger partial charge in [0.2, 0.25) is 15.9 Å². The first-order valence-electron chi connectivity index (χ1n) is 8.19. The van der Waals surface area contributed by atoms with Gasteiger partial charge in [-0.15, -0.1) is 0 Å². The van der Waals surface area contributed by atoms with Crippen LogP contribution in [-0.2, 0) is 14.8 Å². The number of sulfonamides is 1. The fraction of sp³-hybridized carbons (Fsp3) is 0.588. The molecule has 1 aromatic carbocycles. The molecule has 0 saturated heterocycles. The van der Waals surface area contributed by atoms with Crippen molar-refractivity contribution in [3.05, 3.63) is 18.2 Å². The van der Waals surface area contributed by atoms with Gasteiger partial charge in [0, 0.05) is 12.6 Å². The van der Waals surface area contributed by atoms with Crippen LogP contribution in [0.3, 0.4) is 0 Å².